The Morgan fingerprint density at radius 3 is 2.46 bits per heavy atom. The summed E-state index contributed by atoms with van der Waals surface area (Å²) in [5.74, 6) is 0.333. The minimum atomic E-state index is -3.72. The van der Waals surface area contributed by atoms with E-state index in [2.05, 4.69) is 4.72 Å². The first kappa shape index (κ1) is 16.8. The van der Waals surface area contributed by atoms with Crippen LogP contribution in [0.5, 0.6) is 0 Å². The van der Waals surface area contributed by atoms with Crippen LogP contribution < -0.4 is 10.3 Å². The fourth-order valence-electron chi connectivity index (χ4n) is 2.99. The van der Waals surface area contributed by atoms with Crippen molar-refractivity contribution >= 4 is 15.9 Å². The summed E-state index contributed by atoms with van der Waals surface area (Å²) in [5.41, 5.74) is 0.978. The van der Waals surface area contributed by atoms with Crippen LogP contribution >= 0.6 is 0 Å². The molecule has 0 radical (unpaired) electrons. The predicted molar refractivity (Wildman–Crippen MR) is 93.6 cm³/mol. The van der Waals surface area contributed by atoms with Crippen LogP contribution in [-0.2, 0) is 17.3 Å². The zero-order chi connectivity index (χ0) is 17.5. The molecule has 8 heteroatoms. The van der Waals surface area contributed by atoms with Crippen molar-refractivity contribution in [2.45, 2.75) is 20.3 Å². The number of para-hydroxylation sites is 1. The maximum absolute atomic E-state index is 12.8. The van der Waals surface area contributed by atoms with Crippen molar-refractivity contribution in [2.75, 3.05) is 17.8 Å². The molecule has 1 aromatic heterocycles. The molecular weight excluding hydrogens is 328 g/mol. The largest absolute Gasteiger partial charge is 0.301 e. The first-order valence-corrected chi connectivity index (χ1v) is 9.37. The van der Waals surface area contributed by atoms with Crippen LogP contribution in [0.3, 0.4) is 0 Å². The fourth-order valence-corrected chi connectivity index (χ4v) is 4.41. The summed E-state index contributed by atoms with van der Waals surface area (Å²) in [6.07, 6.45) is 0.836. The van der Waals surface area contributed by atoms with E-state index in [1.807, 2.05) is 25.1 Å². The first-order valence-electron chi connectivity index (χ1n) is 7.93. The molecule has 3 rings (SSSR count). The van der Waals surface area contributed by atoms with E-state index in [1.54, 1.807) is 30.8 Å². The van der Waals surface area contributed by atoms with E-state index in [-0.39, 0.29) is 11.2 Å². The standard InChI is InChI=1S/C16H22N4O3S/c1-12-9-10-19(11-12)24(22,23)17-15-13(2)18(3)20(16(15)21)14-7-5-4-6-8-14/h4-8,12,17H,9-11H2,1-3H3. The molecule has 1 aliphatic rings. The number of nitrogens with one attached hydrogen (secondary N) is 1. The van der Waals surface area contributed by atoms with E-state index in [1.165, 1.54) is 8.99 Å². The molecule has 0 bridgehead atoms. The first-order chi connectivity index (χ1) is 11.3. The van der Waals surface area contributed by atoms with Gasteiger partial charge in [0, 0.05) is 20.1 Å². The lowest BCUT2D eigenvalue weighted by molar-refractivity contribution is 0.469. The Hall–Kier alpha value is -2.06. The quantitative estimate of drug-likeness (QED) is 0.907. The van der Waals surface area contributed by atoms with Gasteiger partial charge in [0.15, 0.2) is 0 Å². The second-order valence-electron chi connectivity index (χ2n) is 6.30. The van der Waals surface area contributed by atoms with Gasteiger partial charge in [-0.2, -0.15) is 12.7 Å². The smallest absolute Gasteiger partial charge is 0.283 e. The lowest BCUT2D eigenvalue weighted by Crippen LogP contribution is -2.35. The van der Waals surface area contributed by atoms with Gasteiger partial charge < -0.3 is 0 Å². The normalized spacial score (nSPS) is 18.9. The van der Waals surface area contributed by atoms with Crippen molar-refractivity contribution in [1.29, 1.82) is 0 Å². The third-order valence-corrected chi connectivity index (χ3v) is 5.99. The SMILES string of the molecule is Cc1c(NS(=O)(=O)N2CCC(C)C2)c(=O)n(-c2ccccc2)n1C. The van der Waals surface area contributed by atoms with Gasteiger partial charge in [-0.05, 0) is 31.4 Å². The van der Waals surface area contributed by atoms with E-state index in [9.17, 15) is 13.2 Å². The summed E-state index contributed by atoms with van der Waals surface area (Å²) in [6, 6.07) is 9.14. The van der Waals surface area contributed by atoms with Crippen LogP contribution in [0.15, 0.2) is 35.1 Å². The molecule has 1 unspecified atom stereocenters. The summed E-state index contributed by atoms with van der Waals surface area (Å²) in [7, 11) is -1.98. The summed E-state index contributed by atoms with van der Waals surface area (Å²) < 4.78 is 32.1. The van der Waals surface area contributed by atoms with Crippen molar-refractivity contribution in [3.8, 4) is 5.69 Å². The third kappa shape index (κ3) is 2.87. The van der Waals surface area contributed by atoms with E-state index < -0.39 is 10.2 Å². The van der Waals surface area contributed by atoms with Crippen molar-refractivity contribution in [3.05, 3.63) is 46.4 Å². The summed E-state index contributed by atoms with van der Waals surface area (Å²) in [4.78, 5) is 12.8. The number of hydrogen-bond acceptors (Lipinski definition) is 3. The number of nitrogens with zero attached hydrogens (tertiary/aromatic N) is 3. The van der Waals surface area contributed by atoms with Crippen molar-refractivity contribution in [1.82, 2.24) is 13.7 Å². The highest BCUT2D eigenvalue weighted by Crippen LogP contribution is 2.21. The molecule has 0 saturated carbocycles. The lowest BCUT2D eigenvalue weighted by atomic mass is 10.2. The van der Waals surface area contributed by atoms with E-state index in [4.69, 9.17) is 0 Å². The summed E-state index contributed by atoms with van der Waals surface area (Å²) in [6.45, 7) is 4.71. The molecule has 1 N–H and O–H groups in total. The zero-order valence-electron chi connectivity index (χ0n) is 14.1. The monoisotopic (exact) mass is 350 g/mol. The average Bonchev–Trinajstić information content (AvgIpc) is 3.07. The molecule has 24 heavy (non-hydrogen) atoms. The van der Waals surface area contributed by atoms with Gasteiger partial charge >= 0.3 is 10.2 Å². The van der Waals surface area contributed by atoms with Gasteiger partial charge in [-0.1, -0.05) is 25.1 Å². The second-order valence-corrected chi connectivity index (χ2v) is 7.97. The highest BCUT2D eigenvalue weighted by atomic mass is 32.2. The van der Waals surface area contributed by atoms with Gasteiger partial charge in [0.05, 0.1) is 11.4 Å². The molecule has 0 amide bonds. The molecule has 0 aliphatic carbocycles. The van der Waals surface area contributed by atoms with E-state index >= 15 is 0 Å². The number of rotatable bonds is 4. The minimum absolute atomic E-state index is 0.0981. The van der Waals surface area contributed by atoms with Crippen LogP contribution in [0.4, 0.5) is 5.69 Å². The minimum Gasteiger partial charge on any atom is -0.283 e. The molecule has 1 fully saturated rings. The lowest BCUT2D eigenvalue weighted by Gasteiger charge is -2.16. The third-order valence-electron chi connectivity index (χ3n) is 4.51. The molecular formula is C16H22N4O3S. The molecule has 130 valence electrons. The van der Waals surface area contributed by atoms with Gasteiger partial charge in [-0.15, -0.1) is 0 Å². The Labute approximate surface area is 141 Å². The Morgan fingerprint density at radius 2 is 1.88 bits per heavy atom. The summed E-state index contributed by atoms with van der Waals surface area (Å²) in [5, 5.41) is 0. The molecule has 1 aliphatic heterocycles. The van der Waals surface area contributed by atoms with Crippen LogP contribution in [0, 0.1) is 12.8 Å². The molecule has 1 saturated heterocycles. The molecule has 2 heterocycles. The second kappa shape index (κ2) is 6.10. The van der Waals surface area contributed by atoms with Crippen LogP contribution in [0.25, 0.3) is 5.69 Å². The molecule has 2 aromatic rings. The molecule has 7 nitrogen and oxygen atoms in total. The Kier molecular flexibility index (Phi) is 4.27. The summed E-state index contributed by atoms with van der Waals surface area (Å²) >= 11 is 0. The Balaban J connectivity index is 2.00. The van der Waals surface area contributed by atoms with Crippen LogP contribution in [0.2, 0.25) is 0 Å². The number of aromatic nitrogens is 2. The van der Waals surface area contributed by atoms with Gasteiger partial charge in [0.25, 0.3) is 5.56 Å². The van der Waals surface area contributed by atoms with Crippen molar-refractivity contribution in [3.63, 3.8) is 0 Å². The molecule has 0 spiro atoms. The number of anilines is 1. The van der Waals surface area contributed by atoms with E-state index in [0.29, 0.717) is 30.4 Å². The van der Waals surface area contributed by atoms with Gasteiger partial charge in [0.2, 0.25) is 0 Å². The van der Waals surface area contributed by atoms with Gasteiger partial charge in [-0.25, -0.2) is 4.68 Å². The maximum atomic E-state index is 12.8. The molecule has 1 aromatic carbocycles. The fraction of sp³-hybridized carbons (Fsp3) is 0.438. The predicted octanol–water partition coefficient (Wildman–Crippen LogP) is 1.48. The topological polar surface area (TPSA) is 76.3 Å². The van der Waals surface area contributed by atoms with Crippen molar-refractivity contribution in [2.24, 2.45) is 13.0 Å². The average molecular weight is 350 g/mol. The number of hydrogen-bond donors (Lipinski definition) is 1. The van der Waals surface area contributed by atoms with Crippen LogP contribution in [0.1, 0.15) is 19.0 Å². The van der Waals surface area contributed by atoms with Gasteiger partial charge in [0.1, 0.15) is 5.69 Å². The van der Waals surface area contributed by atoms with Gasteiger partial charge in [-0.3, -0.25) is 14.2 Å². The highest BCUT2D eigenvalue weighted by molar-refractivity contribution is 7.90. The Bertz CT molecular complexity index is 899. The van der Waals surface area contributed by atoms with Crippen molar-refractivity contribution < 1.29 is 8.42 Å². The highest BCUT2D eigenvalue weighted by Gasteiger charge is 2.31. The zero-order valence-corrected chi connectivity index (χ0v) is 14.9. The molecule has 1 atom stereocenters. The van der Waals surface area contributed by atoms with Crippen LogP contribution in [-0.4, -0.2) is 35.2 Å². The Morgan fingerprint density at radius 1 is 1.21 bits per heavy atom. The maximum Gasteiger partial charge on any atom is 0.301 e. The number of benzene rings is 1. The van der Waals surface area contributed by atoms with E-state index in [0.717, 1.165) is 6.42 Å².